The third-order valence-electron chi connectivity index (χ3n) is 12.0. The highest BCUT2D eigenvalue weighted by Gasteiger charge is 2.23. The summed E-state index contributed by atoms with van der Waals surface area (Å²) in [5.41, 5.74) is 10.2. The maximum atomic E-state index is 12.2. The van der Waals surface area contributed by atoms with E-state index >= 15 is 0 Å². The quantitative estimate of drug-likeness (QED) is 0.0629. The van der Waals surface area contributed by atoms with E-state index in [-0.39, 0.29) is 29.3 Å². The third kappa shape index (κ3) is 14.0. The zero-order valence-corrected chi connectivity index (χ0v) is 41.0. The summed E-state index contributed by atoms with van der Waals surface area (Å²) in [4.78, 5) is 47.3. The predicted molar refractivity (Wildman–Crippen MR) is 268 cm³/mol. The van der Waals surface area contributed by atoms with Crippen molar-refractivity contribution < 1.29 is 47.2 Å². The molecule has 0 bridgehead atoms. The van der Waals surface area contributed by atoms with Crippen LogP contribution in [0.3, 0.4) is 0 Å². The number of non-ortho nitro benzene ring substituents is 1. The molecule has 0 radical (unpaired) electrons. The molecule has 4 aromatic heterocycles. The van der Waals surface area contributed by atoms with Crippen molar-refractivity contribution in [3.63, 3.8) is 0 Å². The van der Waals surface area contributed by atoms with Crippen molar-refractivity contribution in [3.05, 3.63) is 118 Å². The number of carbonyl (C=O) groups is 2. The molecule has 0 unspecified atom stereocenters. The first-order valence-electron chi connectivity index (χ1n) is 23.2. The van der Waals surface area contributed by atoms with Crippen LogP contribution in [0, 0.1) is 24.0 Å². The molecule has 2 aliphatic heterocycles. The first-order chi connectivity index (χ1) is 34.8. The molecular weight excluding hydrogens is 931 g/mol. The zero-order valence-electron chi connectivity index (χ0n) is 41.0. The standard InChI is InChI=1S/C22H27N5O4.C17H23N3O2.C11H9N3O5/c1-14-10-21(26-31-14)25-22(28)24-16-5-8-27(9-6-16)13-15-4-7-23-18-12-20(30-3)19(29-2)11-17(15)18;1-21-16-9-14-12(11-20-7-4-13(18)5-8-20)3-6-19-15(14)10-17(16)22-2;1-7-6-10(13-19-7)12-11(15)18-9-4-2-8(3-5-9)14(16)17/h4,7,10-12,16H,5-6,8-9,13H2,1-3H3,(H2,24,25,26,28);3,6,9-10,13H,4-5,7-8,11,18H2,1-2H3;2-6H,1H3,(H,12,13,15). The molecule has 2 fully saturated rings. The number of nitrogens with zero attached hydrogens (tertiary/aromatic N) is 7. The fourth-order valence-electron chi connectivity index (χ4n) is 8.22. The third-order valence-corrected chi connectivity index (χ3v) is 12.0. The number of likely N-dealkylation sites (tertiary alicyclic amines) is 2. The van der Waals surface area contributed by atoms with Crippen LogP contribution in [0.25, 0.3) is 21.8 Å². The molecular formula is C50H59N11O11. The van der Waals surface area contributed by atoms with E-state index in [4.69, 9.17) is 38.5 Å². The van der Waals surface area contributed by atoms with E-state index in [0.717, 1.165) is 92.5 Å². The maximum absolute atomic E-state index is 12.2. The van der Waals surface area contributed by atoms with Crippen LogP contribution in [0.1, 0.15) is 48.3 Å². The monoisotopic (exact) mass is 989 g/mol. The van der Waals surface area contributed by atoms with Crippen LogP contribution in [-0.2, 0) is 13.1 Å². The molecule has 2 saturated heterocycles. The molecule has 0 aliphatic carbocycles. The number of nitro groups is 1. The predicted octanol–water partition coefficient (Wildman–Crippen LogP) is 8.01. The summed E-state index contributed by atoms with van der Waals surface area (Å²) in [5, 5.41) is 28.0. The average Bonchev–Trinajstić information content (AvgIpc) is 4.00. The lowest BCUT2D eigenvalue weighted by Gasteiger charge is -2.32. The van der Waals surface area contributed by atoms with Crippen LogP contribution in [0.4, 0.5) is 26.9 Å². The molecule has 0 atom stereocenters. The number of urea groups is 1. The Kier molecular flexibility index (Phi) is 17.7. The minimum Gasteiger partial charge on any atom is -0.493 e. The number of carbonyl (C=O) groups excluding carboxylic acids is 2. The first-order valence-corrected chi connectivity index (χ1v) is 23.2. The van der Waals surface area contributed by atoms with Gasteiger partial charge in [-0.2, -0.15) is 0 Å². The van der Waals surface area contributed by atoms with Gasteiger partial charge in [0.15, 0.2) is 34.6 Å². The number of aromatic nitrogens is 4. The van der Waals surface area contributed by atoms with Gasteiger partial charge in [0.25, 0.3) is 5.69 Å². The Hall–Kier alpha value is -8.08. The highest BCUT2D eigenvalue weighted by Crippen LogP contribution is 2.35. The lowest BCUT2D eigenvalue weighted by molar-refractivity contribution is -0.384. The first kappa shape index (κ1) is 51.8. The molecule has 0 saturated carbocycles. The minimum atomic E-state index is -0.762. The largest absolute Gasteiger partial charge is 0.493 e. The van der Waals surface area contributed by atoms with Crippen LogP contribution in [0.15, 0.2) is 94.2 Å². The Balaban J connectivity index is 0.000000164. The van der Waals surface area contributed by atoms with Crippen molar-refractivity contribution >= 4 is 51.3 Å². The molecule has 7 aromatic rings. The van der Waals surface area contributed by atoms with E-state index in [9.17, 15) is 19.7 Å². The number of fused-ring (bicyclic) bond motifs is 2. The number of nitrogens with one attached hydrogen (secondary N) is 3. The van der Waals surface area contributed by atoms with Crippen LogP contribution < -0.4 is 45.4 Å². The van der Waals surface area contributed by atoms with Crippen LogP contribution >= 0.6 is 0 Å². The van der Waals surface area contributed by atoms with Crippen molar-refractivity contribution in [2.24, 2.45) is 5.73 Å². The number of anilines is 2. The second kappa shape index (κ2) is 24.7. The molecule has 5 N–H and O–H groups in total. The van der Waals surface area contributed by atoms with Gasteiger partial charge in [0.2, 0.25) is 0 Å². The second-order valence-corrected chi connectivity index (χ2v) is 17.1. The fraction of sp³-hybridized carbons (Fsp3) is 0.360. The number of benzene rings is 3. The summed E-state index contributed by atoms with van der Waals surface area (Å²) in [6.45, 7) is 9.09. The minimum absolute atomic E-state index is 0.0834. The van der Waals surface area contributed by atoms with Crippen molar-refractivity contribution in [2.75, 3.05) is 65.3 Å². The highest BCUT2D eigenvalue weighted by molar-refractivity contribution is 5.89. The topological polar surface area (TPSA) is 270 Å². The Bertz CT molecular complexity index is 2930. The van der Waals surface area contributed by atoms with Crippen LogP contribution in [-0.4, -0.2) is 114 Å². The lowest BCUT2D eigenvalue weighted by atomic mass is 10.0. The molecule has 3 amide bonds. The molecule has 380 valence electrons. The maximum Gasteiger partial charge on any atom is 0.418 e. The molecule has 2 aliphatic rings. The number of hydrogen-bond acceptors (Lipinski definition) is 18. The van der Waals surface area contributed by atoms with Gasteiger partial charge in [-0.1, -0.05) is 10.3 Å². The summed E-state index contributed by atoms with van der Waals surface area (Å²) < 4.78 is 36.3. The number of methoxy groups -OCH3 is 4. The number of amides is 3. The van der Waals surface area contributed by atoms with E-state index < -0.39 is 11.0 Å². The van der Waals surface area contributed by atoms with Crippen molar-refractivity contribution in [2.45, 2.75) is 64.7 Å². The molecule has 22 nitrogen and oxygen atoms in total. The summed E-state index contributed by atoms with van der Waals surface area (Å²) in [7, 11) is 6.56. The molecule has 22 heteroatoms. The van der Waals surface area contributed by atoms with Gasteiger partial charge in [0, 0.05) is 97.8 Å². The number of piperidine rings is 2. The normalized spacial score (nSPS) is 14.3. The van der Waals surface area contributed by atoms with E-state index in [1.54, 1.807) is 48.4 Å². The van der Waals surface area contributed by atoms with Gasteiger partial charge in [0.05, 0.1) is 44.4 Å². The lowest BCUT2D eigenvalue weighted by Crippen LogP contribution is -2.45. The van der Waals surface area contributed by atoms with E-state index in [1.807, 2.05) is 42.7 Å². The average molecular weight is 990 g/mol. The number of pyridine rings is 2. The Morgan fingerprint density at radius 2 is 1.14 bits per heavy atom. The van der Waals surface area contributed by atoms with Crippen LogP contribution in [0.5, 0.6) is 28.7 Å². The Morgan fingerprint density at radius 1 is 0.681 bits per heavy atom. The summed E-state index contributed by atoms with van der Waals surface area (Å²) >= 11 is 0. The van der Waals surface area contributed by atoms with E-state index in [1.165, 1.54) is 41.5 Å². The highest BCUT2D eigenvalue weighted by atomic mass is 16.6. The zero-order chi connectivity index (χ0) is 51.1. The van der Waals surface area contributed by atoms with E-state index in [2.05, 4.69) is 52.1 Å². The number of nitrogens with two attached hydrogens (primary N) is 1. The van der Waals surface area contributed by atoms with Gasteiger partial charge < -0.3 is 43.8 Å². The summed E-state index contributed by atoms with van der Waals surface area (Å²) in [5.74, 6) is 4.85. The van der Waals surface area contributed by atoms with Gasteiger partial charge >= 0.3 is 12.1 Å². The van der Waals surface area contributed by atoms with Crippen LogP contribution in [0.2, 0.25) is 0 Å². The smallest absolute Gasteiger partial charge is 0.418 e. The number of rotatable bonds is 13. The molecule has 3 aromatic carbocycles. The number of ether oxygens (including phenoxy) is 5. The number of hydrogen-bond donors (Lipinski definition) is 4. The Labute approximate surface area is 415 Å². The van der Waals surface area contributed by atoms with Gasteiger partial charge in [-0.3, -0.25) is 40.5 Å². The second-order valence-electron chi connectivity index (χ2n) is 17.1. The number of nitro benzene ring substituents is 1. The fourth-order valence-corrected chi connectivity index (χ4v) is 8.22. The van der Waals surface area contributed by atoms with Crippen molar-refractivity contribution in [3.8, 4) is 28.7 Å². The molecule has 0 spiro atoms. The van der Waals surface area contributed by atoms with Gasteiger partial charge in [-0.25, -0.2) is 9.59 Å². The molecule has 6 heterocycles. The summed E-state index contributed by atoms with van der Waals surface area (Å²) in [6.07, 6.45) is 6.83. The molecule has 9 rings (SSSR count). The van der Waals surface area contributed by atoms with Gasteiger partial charge in [-0.15, -0.1) is 0 Å². The van der Waals surface area contributed by atoms with Crippen molar-refractivity contribution in [1.29, 1.82) is 0 Å². The SMILES string of the molecule is COc1cc2nccc(CN3CCC(N)CC3)c2cc1OC.COc1cc2nccc(CN3CCC(NC(=O)Nc4cc(C)on4)CC3)c2cc1OC.Cc1cc(NC(=O)Oc2ccc([N+](=O)[O-])cc2)no1. The van der Waals surface area contributed by atoms with E-state index in [0.29, 0.717) is 40.6 Å². The van der Waals surface area contributed by atoms with Gasteiger partial charge in [-0.05, 0) is 100 Å². The number of aryl methyl sites for hydroxylation is 2. The van der Waals surface area contributed by atoms with Gasteiger partial charge in [0.1, 0.15) is 17.3 Å². The molecule has 72 heavy (non-hydrogen) atoms. The Morgan fingerprint density at radius 3 is 1.58 bits per heavy atom. The summed E-state index contributed by atoms with van der Waals surface area (Å²) in [6, 6.07) is 20.5. The van der Waals surface area contributed by atoms with Crippen molar-refractivity contribution in [1.82, 2.24) is 35.4 Å².